The maximum Gasteiger partial charge on any atom is 2.00 e. The van der Waals surface area contributed by atoms with Crippen molar-refractivity contribution in [2.75, 3.05) is 6.61 Å². The first kappa shape index (κ1) is 29.2. The molecule has 0 aromatic rings. The Morgan fingerprint density at radius 1 is 0.920 bits per heavy atom. The molecule has 0 radical (unpaired) electrons. The molecule has 0 amide bonds. The Balaban J connectivity index is -0.000000522. The number of aliphatic hydroxyl groups excluding tert-OH is 1. The average molecular weight is 400 g/mol. The average Bonchev–Trinajstić information content (AvgIpc) is 3.19. The number of hydrogen-bond donors (Lipinski definition) is 1. The van der Waals surface area contributed by atoms with Gasteiger partial charge in [-0.2, -0.15) is 0 Å². The molecule has 2 unspecified atom stereocenters. The SMILES string of the molecule is C1CCCC1.CC(O)C(=O)OC(C)C(=O)OCC1CCCC1.[CH3-].[CH3-].[Fe+2]. The van der Waals surface area contributed by atoms with Crippen molar-refractivity contribution in [3.8, 4) is 0 Å². The molecule has 0 heterocycles. The summed E-state index contributed by atoms with van der Waals surface area (Å²) in [5, 5.41) is 8.93. The van der Waals surface area contributed by atoms with E-state index in [1.54, 1.807) is 0 Å². The van der Waals surface area contributed by atoms with Crippen molar-refractivity contribution < 1.29 is 41.2 Å². The molecule has 1 N–H and O–H groups in total. The van der Waals surface area contributed by atoms with E-state index in [4.69, 9.17) is 14.6 Å². The van der Waals surface area contributed by atoms with Gasteiger partial charge in [-0.25, -0.2) is 9.59 Å². The van der Waals surface area contributed by atoms with Crippen LogP contribution in [0.1, 0.15) is 71.6 Å². The van der Waals surface area contributed by atoms with Crippen LogP contribution in [0.3, 0.4) is 0 Å². The van der Waals surface area contributed by atoms with Gasteiger partial charge in [0.15, 0.2) is 6.10 Å². The smallest absolute Gasteiger partial charge is 0.463 e. The second-order valence-corrected chi connectivity index (χ2v) is 6.30. The first-order valence-electron chi connectivity index (χ1n) is 8.56. The van der Waals surface area contributed by atoms with E-state index in [0.29, 0.717) is 12.5 Å². The molecule has 0 aromatic heterocycles. The van der Waals surface area contributed by atoms with E-state index in [9.17, 15) is 9.59 Å². The Hall–Kier alpha value is -0.581. The van der Waals surface area contributed by atoms with Gasteiger partial charge in [0.05, 0.1) is 6.61 Å². The second kappa shape index (κ2) is 16.9. The summed E-state index contributed by atoms with van der Waals surface area (Å²) in [6, 6.07) is 0. The summed E-state index contributed by atoms with van der Waals surface area (Å²) >= 11 is 0. The second-order valence-electron chi connectivity index (χ2n) is 6.30. The summed E-state index contributed by atoms with van der Waals surface area (Å²) in [7, 11) is 0. The normalized spacial score (nSPS) is 18.2. The first-order chi connectivity index (χ1) is 10.5. The number of hydrogen-bond acceptors (Lipinski definition) is 5. The zero-order valence-electron chi connectivity index (χ0n) is 16.2. The van der Waals surface area contributed by atoms with E-state index in [1.807, 2.05) is 0 Å². The zero-order chi connectivity index (χ0) is 16.4. The number of aliphatic hydroxyl groups is 1. The minimum Gasteiger partial charge on any atom is -0.463 e. The Morgan fingerprint density at radius 2 is 1.36 bits per heavy atom. The Bertz CT molecular complexity index is 329. The molecule has 2 fully saturated rings. The van der Waals surface area contributed by atoms with E-state index in [0.717, 1.165) is 12.8 Å². The van der Waals surface area contributed by atoms with Crippen LogP contribution in [-0.2, 0) is 36.1 Å². The van der Waals surface area contributed by atoms with Gasteiger partial charge < -0.3 is 29.4 Å². The van der Waals surface area contributed by atoms with Gasteiger partial charge in [-0.3, -0.25) is 0 Å². The molecule has 0 saturated heterocycles. The van der Waals surface area contributed by atoms with Gasteiger partial charge in [0.1, 0.15) is 6.10 Å². The largest absolute Gasteiger partial charge is 2.00 e. The molecular formula is C19H36FeO5. The molecule has 0 aliphatic heterocycles. The van der Waals surface area contributed by atoms with E-state index < -0.39 is 24.1 Å². The predicted molar refractivity (Wildman–Crippen MR) is 96.1 cm³/mol. The molecule has 0 spiro atoms. The fourth-order valence-corrected chi connectivity index (χ4v) is 2.70. The van der Waals surface area contributed by atoms with Crippen LogP contribution < -0.4 is 0 Å². The molecule has 0 bridgehead atoms. The zero-order valence-corrected chi connectivity index (χ0v) is 17.3. The maximum absolute atomic E-state index is 11.5. The van der Waals surface area contributed by atoms with Gasteiger partial charge >= 0.3 is 29.0 Å². The molecule has 0 aromatic carbocycles. The maximum atomic E-state index is 11.5. The quantitative estimate of drug-likeness (QED) is 0.431. The molecular weight excluding hydrogens is 364 g/mol. The molecule has 2 atom stereocenters. The molecule has 5 nitrogen and oxygen atoms in total. The van der Waals surface area contributed by atoms with Gasteiger partial charge in [0.2, 0.25) is 0 Å². The van der Waals surface area contributed by atoms with Crippen LogP contribution in [0.25, 0.3) is 0 Å². The van der Waals surface area contributed by atoms with Gasteiger partial charge in [0.25, 0.3) is 0 Å². The van der Waals surface area contributed by atoms with E-state index >= 15 is 0 Å². The number of carbonyl (C=O) groups excluding carboxylic acids is 2. The van der Waals surface area contributed by atoms with Gasteiger partial charge in [-0.05, 0) is 32.6 Å². The standard InChI is InChI=1S/C12H20O5.C5H10.2CH3.Fe/c1-8(13)11(14)17-9(2)12(15)16-7-10-5-3-4-6-10;1-2-4-5-3-1;;;/h8-10,13H,3-7H2,1-2H3;1-5H2;2*1H3;/q;;2*-1;+2. The number of ether oxygens (including phenoxy) is 2. The van der Waals surface area contributed by atoms with Crippen LogP contribution >= 0.6 is 0 Å². The van der Waals surface area contributed by atoms with E-state index in [2.05, 4.69) is 0 Å². The van der Waals surface area contributed by atoms with Crippen LogP contribution in [0.15, 0.2) is 0 Å². The summed E-state index contributed by atoms with van der Waals surface area (Å²) in [5.41, 5.74) is 0. The van der Waals surface area contributed by atoms with Crippen LogP contribution in [0.2, 0.25) is 0 Å². The molecule has 2 saturated carbocycles. The van der Waals surface area contributed by atoms with E-state index in [1.165, 1.54) is 58.8 Å². The molecule has 2 aliphatic carbocycles. The number of esters is 2. The Morgan fingerprint density at radius 3 is 1.76 bits per heavy atom. The third kappa shape index (κ3) is 13.3. The molecule has 25 heavy (non-hydrogen) atoms. The van der Waals surface area contributed by atoms with Crippen molar-refractivity contribution >= 4 is 11.9 Å². The van der Waals surface area contributed by atoms with Gasteiger partial charge in [-0.15, -0.1) is 0 Å². The number of carbonyl (C=O) groups is 2. The Labute approximate surface area is 164 Å². The van der Waals surface area contributed by atoms with Crippen molar-refractivity contribution in [1.82, 2.24) is 0 Å². The summed E-state index contributed by atoms with van der Waals surface area (Å²) < 4.78 is 9.80. The molecule has 6 heteroatoms. The van der Waals surface area contributed by atoms with Crippen molar-refractivity contribution in [3.05, 3.63) is 14.9 Å². The third-order valence-corrected chi connectivity index (χ3v) is 4.15. The van der Waals surface area contributed by atoms with Crippen LogP contribution in [0.5, 0.6) is 0 Å². The van der Waals surface area contributed by atoms with Gasteiger partial charge in [-0.1, -0.05) is 44.9 Å². The van der Waals surface area contributed by atoms with Crippen molar-refractivity contribution in [2.45, 2.75) is 83.8 Å². The summed E-state index contributed by atoms with van der Waals surface area (Å²) in [6.07, 6.45) is 9.88. The molecule has 150 valence electrons. The summed E-state index contributed by atoms with van der Waals surface area (Å²) in [5.74, 6) is -0.917. The summed E-state index contributed by atoms with van der Waals surface area (Å²) in [6.45, 7) is 3.13. The third-order valence-electron chi connectivity index (χ3n) is 4.15. The number of rotatable bonds is 5. The van der Waals surface area contributed by atoms with Crippen LogP contribution in [-0.4, -0.2) is 35.9 Å². The first-order valence-corrected chi connectivity index (χ1v) is 8.56. The van der Waals surface area contributed by atoms with Gasteiger partial charge in [0, 0.05) is 0 Å². The monoisotopic (exact) mass is 400 g/mol. The summed E-state index contributed by atoms with van der Waals surface area (Å²) in [4.78, 5) is 22.5. The van der Waals surface area contributed by atoms with Crippen LogP contribution in [0, 0.1) is 20.8 Å². The minimum absolute atomic E-state index is 0. The van der Waals surface area contributed by atoms with Crippen LogP contribution in [0.4, 0.5) is 0 Å². The minimum atomic E-state index is -1.22. The predicted octanol–water partition coefficient (Wildman–Crippen LogP) is 3.88. The molecule has 2 rings (SSSR count). The Kier molecular flexibility index (Phi) is 19.7. The fourth-order valence-electron chi connectivity index (χ4n) is 2.70. The molecule has 2 aliphatic rings. The van der Waals surface area contributed by atoms with Crippen molar-refractivity contribution in [3.63, 3.8) is 0 Å². The fraction of sp³-hybridized carbons (Fsp3) is 0.789. The van der Waals surface area contributed by atoms with E-state index in [-0.39, 0.29) is 31.9 Å². The van der Waals surface area contributed by atoms with Crippen molar-refractivity contribution in [2.24, 2.45) is 5.92 Å². The van der Waals surface area contributed by atoms with Crippen molar-refractivity contribution in [1.29, 1.82) is 0 Å². The topological polar surface area (TPSA) is 72.8 Å².